The number of carbonyl (C=O) groups excluding carboxylic acids is 1. The maximum absolute atomic E-state index is 11.9. The van der Waals surface area contributed by atoms with Crippen LogP contribution in [0.15, 0.2) is 34.4 Å². The van der Waals surface area contributed by atoms with E-state index in [9.17, 15) is 9.59 Å². The summed E-state index contributed by atoms with van der Waals surface area (Å²) in [6, 6.07) is 7.56. The Bertz CT molecular complexity index is 813. The first-order valence-corrected chi connectivity index (χ1v) is 7.41. The monoisotopic (exact) mass is 302 g/mol. The number of hydrogen-bond acceptors (Lipinski definition) is 4. The number of H-pyrrole nitrogens is 1. The van der Waals surface area contributed by atoms with Crippen molar-refractivity contribution in [3.8, 4) is 0 Å². The van der Waals surface area contributed by atoms with Crippen molar-refractivity contribution in [2.24, 2.45) is 0 Å². The fourth-order valence-corrected chi connectivity index (χ4v) is 2.86. The summed E-state index contributed by atoms with van der Waals surface area (Å²) < 4.78 is 1.60. The fourth-order valence-electron chi connectivity index (χ4n) is 2.09. The minimum atomic E-state index is -0.174. The van der Waals surface area contributed by atoms with E-state index in [4.69, 9.17) is 0 Å². The second kappa shape index (κ2) is 5.53. The maximum atomic E-state index is 11.9. The first-order valence-electron chi connectivity index (χ1n) is 6.53. The zero-order valence-corrected chi connectivity index (χ0v) is 12.2. The normalized spacial score (nSPS) is 10.9. The van der Waals surface area contributed by atoms with Crippen LogP contribution < -0.4 is 10.2 Å². The number of thiazole rings is 1. The number of rotatable bonds is 4. The molecule has 0 saturated carbocycles. The molecule has 21 heavy (non-hydrogen) atoms. The van der Waals surface area contributed by atoms with E-state index in [2.05, 4.69) is 15.3 Å². The van der Waals surface area contributed by atoms with Gasteiger partial charge in [0.15, 0.2) is 0 Å². The molecule has 7 heteroatoms. The molecule has 108 valence electrons. The third-order valence-electron chi connectivity index (χ3n) is 3.19. The number of benzene rings is 1. The van der Waals surface area contributed by atoms with E-state index in [1.807, 2.05) is 31.2 Å². The number of nitrogens with zero attached hydrogens (tertiary/aromatic N) is 2. The Morgan fingerprint density at radius 3 is 2.95 bits per heavy atom. The highest BCUT2D eigenvalue weighted by Gasteiger charge is 2.09. The summed E-state index contributed by atoms with van der Waals surface area (Å²) in [6.07, 6.45) is 0.231. The summed E-state index contributed by atoms with van der Waals surface area (Å²) in [4.78, 5) is 30.8. The summed E-state index contributed by atoms with van der Waals surface area (Å²) in [5.74, 6) is 0.252. The van der Waals surface area contributed by atoms with E-state index in [1.165, 1.54) is 0 Å². The number of amides is 1. The van der Waals surface area contributed by atoms with Gasteiger partial charge in [0.05, 0.1) is 11.0 Å². The lowest BCUT2D eigenvalue weighted by Crippen LogP contribution is -2.20. The van der Waals surface area contributed by atoms with Crippen molar-refractivity contribution in [1.82, 2.24) is 14.5 Å². The molecule has 0 spiro atoms. The van der Waals surface area contributed by atoms with E-state index in [0.717, 1.165) is 28.1 Å². The predicted molar refractivity (Wildman–Crippen MR) is 82.7 cm³/mol. The number of imidazole rings is 1. The molecule has 1 aromatic carbocycles. The van der Waals surface area contributed by atoms with Gasteiger partial charge in [-0.05, 0) is 19.1 Å². The van der Waals surface area contributed by atoms with Crippen molar-refractivity contribution in [2.45, 2.75) is 19.9 Å². The van der Waals surface area contributed by atoms with Crippen molar-refractivity contribution >= 4 is 34.2 Å². The quantitative estimate of drug-likeness (QED) is 0.774. The van der Waals surface area contributed by atoms with Crippen molar-refractivity contribution in [3.05, 3.63) is 45.0 Å². The number of anilines is 1. The van der Waals surface area contributed by atoms with Gasteiger partial charge in [0.2, 0.25) is 11.9 Å². The zero-order chi connectivity index (χ0) is 14.8. The average molecular weight is 302 g/mol. The number of aromatic amines is 1. The van der Waals surface area contributed by atoms with E-state index in [1.54, 1.807) is 9.95 Å². The Balaban J connectivity index is 1.65. The zero-order valence-electron chi connectivity index (χ0n) is 11.4. The largest absolute Gasteiger partial charge is 0.324 e. The maximum Gasteiger partial charge on any atom is 0.307 e. The van der Waals surface area contributed by atoms with Crippen molar-refractivity contribution < 1.29 is 4.79 Å². The molecule has 0 aliphatic rings. The Morgan fingerprint density at radius 2 is 2.24 bits per heavy atom. The highest BCUT2D eigenvalue weighted by Crippen LogP contribution is 2.13. The standard InChI is InChI=1S/C14H14N4O2S/c1-9-8-21-14(20)18(9)7-6-12(19)17-13-15-10-4-2-3-5-11(10)16-13/h2-5,8H,6-7H2,1H3,(H2,15,16,17,19). The molecule has 0 bridgehead atoms. The molecule has 3 aromatic rings. The van der Waals surface area contributed by atoms with Crippen LogP contribution in [0.3, 0.4) is 0 Å². The predicted octanol–water partition coefficient (Wildman–Crippen LogP) is 2.12. The van der Waals surface area contributed by atoms with E-state index in [-0.39, 0.29) is 17.2 Å². The van der Waals surface area contributed by atoms with Crippen LogP contribution in [0.2, 0.25) is 0 Å². The molecule has 0 radical (unpaired) electrons. The summed E-state index contributed by atoms with van der Waals surface area (Å²) in [6.45, 7) is 2.23. The van der Waals surface area contributed by atoms with E-state index < -0.39 is 0 Å². The van der Waals surface area contributed by atoms with Crippen LogP contribution in [0.4, 0.5) is 5.95 Å². The van der Waals surface area contributed by atoms with Gasteiger partial charge in [-0.2, -0.15) is 0 Å². The van der Waals surface area contributed by atoms with Crippen molar-refractivity contribution in [1.29, 1.82) is 0 Å². The highest BCUT2D eigenvalue weighted by atomic mass is 32.1. The number of nitrogens with one attached hydrogen (secondary N) is 2. The fraction of sp³-hybridized carbons (Fsp3) is 0.214. The molecule has 0 saturated heterocycles. The lowest BCUT2D eigenvalue weighted by molar-refractivity contribution is -0.116. The van der Waals surface area contributed by atoms with Crippen LogP contribution in [0.1, 0.15) is 12.1 Å². The Hall–Kier alpha value is -2.41. The summed E-state index contributed by atoms with van der Waals surface area (Å²) in [5, 5.41) is 4.51. The second-order valence-corrected chi connectivity index (χ2v) is 5.52. The molecule has 0 aliphatic carbocycles. The Kier molecular flexibility index (Phi) is 3.57. The van der Waals surface area contributed by atoms with E-state index in [0.29, 0.717) is 12.5 Å². The number of hydrogen-bond donors (Lipinski definition) is 2. The van der Waals surface area contributed by atoms with Gasteiger partial charge in [0.25, 0.3) is 0 Å². The smallest absolute Gasteiger partial charge is 0.307 e. The molecule has 1 amide bonds. The van der Waals surface area contributed by atoms with Gasteiger partial charge in [0, 0.05) is 24.0 Å². The minimum absolute atomic E-state index is 0.0379. The van der Waals surface area contributed by atoms with Crippen LogP contribution in [0.25, 0.3) is 11.0 Å². The molecule has 2 aromatic heterocycles. The van der Waals surface area contributed by atoms with Gasteiger partial charge in [-0.3, -0.25) is 14.9 Å². The minimum Gasteiger partial charge on any atom is -0.324 e. The Labute approximate surface area is 124 Å². The lowest BCUT2D eigenvalue weighted by Gasteiger charge is -2.04. The van der Waals surface area contributed by atoms with Crippen LogP contribution in [-0.2, 0) is 11.3 Å². The lowest BCUT2D eigenvalue weighted by atomic mass is 10.3. The molecule has 2 heterocycles. The van der Waals surface area contributed by atoms with Crippen molar-refractivity contribution in [2.75, 3.05) is 5.32 Å². The molecule has 0 unspecified atom stereocenters. The Morgan fingerprint density at radius 1 is 1.43 bits per heavy atom. The number of aromatic nitrogens is 3. The van der Waals surface area contributed by atoms with Gasteiger partial charge < -0.3 is 9.55 Å². The highest BCUT2D eigenvalue weighted by molar-refractivity contribution is 7.07. The van der Waals surface area contributed by atoms with Gasteiger partial charge in [-0.25, -0.2) is 4.98 Å². The number of para-hydroxylation sites is 2. The molecular formula is C14H14N4O2S. The number of carbonyl (C=O) groups is 1. The first kappa shape index (κ1) is 13.6. The summed E-state index contributed by atoms with van der Waals surface area (Å²) in [5.41, 5.74) is 2.55. The topological polar surface area (TPSA) is 79.8 Å². The molecule has 3 rings (SSSR count). The number of fused-ring (bicyclic) bond motifs is 1. The summed E-state index contributed by atoms with van der Waals surface area (Å²) >= 11 is 1.15. The average Bonchev–Trinajstić information content (AvgIpc) is 3.00. The molecule has 0 fully saturated rings. The third-order valence-corrected chi connectivity index (χ3v) is 4.07. The number of aryl methyl sites for hydroxylation is 1. The third kappa shape index (κ3) is 2.87. The molecular weight excluding hydrogens is 288 g/mol. The van der Waals surface area contributed by atoms with Crippen molar-refractivity contribution in [3.63, 3.8) is 0 Å². The van der Waals surface area contributed by atoms with Crippen LogP contribution in [0.5, 0.6) is 0 Å². The van der Waals surface area contributed by atoms with Crippen LogP contribution in [0, 0.1) is 6.92 Å². The SMILES string of the molecule is Cc1csc(=O)n1CCC(=O)Nc1nc2ccccc2[nH]1. The van der Waals surface area contributed by atoms with Gasteiger partial charge in [-0.15, -0.1) is 0 Å². The molecule has 0 aliphatic heterocycles. The molecule has 6 nitrogen and oxygen atoms in total. The van der Waals surface area contributed by atoms with Crippen LogP contribution in [-0.4, -0.2) is 20.4 Å². The van der Waals surface area contributed by atoms with E-state index >= 15 is 0 Å². The van der Waals surface area contributed by atoms with Gasteiger partial charge in [0.1, 0.15) is 0 Å². The van der Waals surface area contributed by atoms with Gasteiger partial charge >= 0.3 is 4.87 Å². The van der Waals surface area contributed by atoms with Gasteiger partial charge in [-0.1, -0.05) is 23.5 Å². The molecule has 0 atom stereocenters. The van der Waals surface area contributed by atoms with Crippen LogP contribution >= 0.6 is 11.3 Å². The summed E-state index contributed by atoms with van der Waals surface area (Å²) in [7, 11) is 0. The second-order valence-electron chi connectivity index (χ2n) is 4.70. The first-order chi connectivity index (χ1) is 10.1. The molecule has 2 N–H and O–H groups in total.